The molecule has 0 heterocycles. The fourth-order valence-corrected chi connectivity index (χ4v) is 2.54. The second-order valence-electron chi connectivity index (χ2n) is 5.97. The number of hydrogen-bond donors (Lipinski definition) is 0. The van der Waals surface area contributed by atoms with E-state index < -0.39 is 24.3 Å². The van der Waals surface area contributed by atoms with Gasteiger partial charge in [0.25, 0.3) is 0 Å². The van der Waals surface area contributed by atoms with E-state index in [0.717, 1.165) is 11.0 Å². The van der Waals surface area contributed by atoms with Crippen LogP contribution in [0.5, 0.6) is 11.5 Å². The fraction of sp³-hybridized carbons (Fsp3) is 0.250. The Kier molecular flexibility index (Phi) is 7.19. The Balaban J connectivity index is 2.11. The maximum absolute atomic E-state index is 13.1. The zero-order valence-electron chi connectivity index (χ0n) is 15.5. The lowest BCUT2D eigenvalue weighted by Gasteiger charge is -2.19. The average Bonchev–Trinajstić information content (AvgIpc) is 2.66. The van der Waals surface area contributed by atoms with Crippen LogP contribution in [0.4, 0.5) is 22.0 Å². The van der Waals surface area contributed by atoms with E-state index in [1.54, 1.807) is 0 Å². The summed E-state index contributed by atoms with van der Waals surface area (Å²) in [6, 6.07) is 9.10. The van der Waals surface area contributed by atoms with E-state index in [9.17, 15) is 26.7 Å². The van der Waals surface area contributed by atoms with Crippen molar-refractivity contribution < 1.29 is 36.2 Å². The lowest BCUT2D eigenvalue weighted by molar-refractivity contribution is -0.139. The summed E-state index contributed by atoms with van der Waals surface area (Å²) in [7, 11) is 2.65. The van der Waals surface area contributed by atoms with Crippen molar-refractivity contribution in [3.05, 3.63) is 65.2 Å². The lowest BCUT2D eigenvalue weighted by atomic mass is 10.1. The van der Waals surface area contributed by atoms with Gasteiger partial charge in [0.15, 0.2) is 11.5 Å². The van der Waals surface area contributed by atoms with Crippen LogP contribution in [0, 0.1) is 0 Å². The van der Waals surface area contributed by atoms with Gasteiger partial charge >= 0.3 is 12.8 Å². The first-order valence-electron chi connectivity index (χ1n) is 8.33. The van der Waals surface area contributed by atoms with E-state index in [-0.39, 0.29) is 23.6 Å². The van der Waals surface area contributed by atoms with E-state index in [1.807, 2.05) is 0 Å². The lowest BCUT2D eigenvalue weighted by Crippen LogP contribution is -2.25. The van der Waals surface area contributed by atoms with Crippen molar-refractivity contribution in [2.24, 2.45) is 0 Å². The van der Waals surface area contributed by atoms with Crippen LogP contribution < -0.4 is 9.47 Å². The van der Waals surface area contributed by atoms with Crippen LogP contribution in [-0.2, 0) is 17.5 Å². The van der Waals surface area contributed by atoms with E-state index in [0.29, 0.717) is 5.56 Å². The summed E-state index contributed by atoms with van der Waals surface area (Å²) in [4.78, 5) is 13.4. The zero-order valence-corrected chi connectivity index (χ0v) is 15.5. The first kappa shape index (κ1) is 22.2. The zero-order chi connectivity index (χ0) is 21.6. The first-order valence-corrected chi connectivity index (χ1v) is 8.33. The van der Waals surface area contributed by atoms with Crippen LogP contribution in [0.15, 0.2) is 48.5 Å². The number of rotatable bonds is 7. The van der Waals surface area contributed by atoms with Gasteiger partial charge < -0.3 is 14.4 Å². The van der Waals surface area contributed by atoms with Crippen LogP contribution in [0.3, 0.4) is 0 Å². The molecule has 2 rings (SSSR count). The third kappa shape index (κ3) is 6.20. The Labute approximate surface area is 164 Å². The quantitative estimate of drug-likeness (QED) is 0.473. The van der Waals surface area contributed by atoms with Gasteiger partial charge in [-0.1, -0.05) is 24.3 Å². The number of alkyl halides is 5. The molecule has 9 heteroatoms. The van der Waals surface area contributed by atoms with Gasteiger partial charge in [-0.3, -0.25) is 4.79 Å². The number of amides is 1. The van der Waals surface area contributed by atoms with Gasteiger partial charge in [-0.2, -0.15) is 22.0 Å². The molecule has 0 saturated carbocycles. The molecule has 0 aromatic heterocycles. The summed E-state index contributed by atoms with van der Waals surface area (Å²) in [6.07, 6.45) is -1.96. The van der Waals surface area contributed by atoms with Gasteiger partial charge in [-0.25, -0.2) is 0 Å². The molecule has 0 N–H and O–H groups in total. The van der Waals surface area contributed by atoms with Crippen molar-refractivity contribution >= 4 is 12.0 Å². The van der Waals surface area contributed by atoms with Crippen LogP contribution in [0.2, 0.25) is 0 Å². The molecule has 0 radical (unpaired) electrons. The molecule has 2 aromatic rings. The molecule has 0 spiro atoms. The number of carbonyl (C=O) groups is 1. The Morgan fingerprint density at radius 2 is 1.83 bits per heavy atom. The van der Waals surface area contributed by atoms with Crippen LogP contribution in [0.1, 0.15) is 16.7 Å². The Hall–Kier alpha value is -3.10. The van der Waals surface area contributed by atoms with Crippen molar-refractivity contribution in [2.45, 2.75) is 19.3 Å². The average molecular weight is 415 g/mol. The minimum atomic E-state index is -4.52. The predicted molar refractivity (Wildman–Crippen MR) is 96.6 cm³/mol. The molecule has 0 aliphatic carbocycles. The number of halogens is 5. The summed E-state index contributed by atoms with van der Waals surface area (Å²) in [5.74, 6) is -0.645. The molecule has 156 valence electrons. The highest BCUT2D eigenvalue weighted by atomic mass is 19.4. The normalized spacial score (nSPS) is 11.7. The van der Waals surface area contributed by atoms with Gasteiger partial charge in [-0.15, -0.1) is 0 Å². The summed E-state index contributed by atoms with van der Waals surface area (Å²) in [6.45, 7) is -3.25. The Morgan fingerprint density at radius 1 is 1.14 bits per heavy atom. The molecule has 0 saturated heterocycles. The summed E-state index contributed by atoms with van der Waals surface area (Å²) < 4.78 is 73.2. The monoisotopic (exact) mass is 415 g/mol. The van der Waals surface area contributed by atoms with E-state index in [1.165, 1.54) is 62.7 Å². The minimum absolute atomic E-state index is 0.0283. The standard InChI is InChI=1S/C20H18F5NO3/c1-26(12-14-5-3-4-6-15(14)20(23,24)25)18(27)10-8-13-7-9-16(29-19(21)22)17(11-13)28-2/h3-11,19H,12H2,1-2H3/b10-8+. The number of nitrogens with zero attached hydrogens (tertiary/aromatic N) is 1. The third-order valence-electron chi connectivity index (χ3n) is 3.93. The molecular weight excluding hydrogens is 397 g/mol. The molecular formula is C20H18F5NO3. The molecule has 2 aromatic carbocycles. The van der Waals surface area contributed by atoms with Gasteiger partial charge in [-0.05, 0) is 35.4 Å². The van der Waals surface area contributed by atoms with E-state index in [4.69, 9.17) is 4.74 Å². The number of hydrogen-bond acceptors (Lipinski definition) is 3. The third-order valence-corrected chi connectivity index (χ3v) is 3.93. The predicted octanol–water partition coefficient (Wildman–Crippen LogP) is 4.99. The van der Waals surface area contributed by atoms with Crippen molar-refractivity contribution in [3.63, 3.8) is 0 Å². The number of ether oxygens (including phenoxy) is 2. The summed E-state index contributed by atoms with van der Waals surface area (Å²) in [5.41, 5.74) is -0.372. The molecule has 0 unspecified atom stereocenters. The van der Waals surface area contributed by atoms with Gasteiger partial charge in [0.05, 0.1) is 12.7 Å². The molecule has 29 heavy (non-hydrogen) atoms. The topological polar surface area (TPSA) is 38.8 Å². The van der Waals surface area contributed by atoms with Gasteiger partial charge in [0, 0.05) is 19.7 Å². The Bertz CT molecular complexity index is 881. The highest BCUT2D eigenvalue weighted by Crippen LogP contribution is 2.32. The molecule has 0 fully saturated rings. The molecule has 1 amide bonds. The van der Waals surface area contributed by atoms with Crippen molar-refractivity contribution in [2.75, 3.05) is 14.2 Å². The summed E-state index contributed by atoms with van der Waals surface area (Å²) >= 11 is 0. The largest absolute Gasteiger partial charge is 0.493 e. The molecule has 4 nitrogen and oxygen atoms in total. The van der Waals surface area contributed by atoms with Crippen LogP contribution in [-0.4, -0.2) is 31.6 Å². The highest BCUT2D eigenvalue weighted by Gasteiger charge is 2.33. The van der Waals surface area contributed by atoms with Crippen LogP contribution in [0.25, 0.3) is 6.08 Å². The fourth-order valence-electron chi connectivity index (χ4n) is 2.54. The number of likely N-dealkylation sites (N-methyl/N-ethyl adjacent to an activating group) is 1. The molecule has 0 aliphatic heterocycles. The molecule has 0 atom stereocenters. The van der Waals surface area contributed by atoms with Crippen LogP contribution >= 0.6 is 0 Å². The maximum atomic E-state index is 13.1. The van der Waals surface area contributed by atoms with Crippen molar-refractivity contribution in [1.82, 2.24) is 4.90 Å². The SMILES string of the molecule is COc1cc(/C=C/C(=O)N(C)Cc2ccccc2C(F)(F)F)ccc1OC(F)F. The second-order valence-corrected chi connectivity index (χ2v) is 5.97. The second kappa shape index (κ2) is 9.40. The van der Waals surface area contributed by atoms with Crippen molar-refractivity contribution in [1.29, 1.82) is 0 Å². The molecule has 0 bridgehead atoms. The maximum Gasteiger partial charge on any atom is 0.416 e. The van der Waals surface area contributed by atoms with E-state index >= 15 is 0 Å². The first-order chi connectivity index (χ1) is 13.6. The number of benzene rings is 2. The molecule has 0 aliphatic rings. The number of methoxy groups -OCH3 is 1. The number of carbonyl (C=O) groups excluding carboxylic acids is 1. The van der Waals surface area contributed by atoms with E-state index in [2.05, 4.69) is 4.74 Å². The van der Waals surface area contributed by atoms with Gasteiger partial charge in [0.2, 0.25) is 5.91 Å². The van der Waals surface area contributed by atoms with Gasteiger partial charge in [0.1, 0.15) is 0 Å². The Morgan fingerprint density at radius 3 is 2.45 bits per heavy atom. The minimum Gasteiger partial charge on any atom is -0.493 e. The summed E-state index contributed by atoms with van der Waals surface area (Å²) in [5, 5.41) is 0. The smallest absolute Gasteiger partial charge is 0.416 e. The van der Waals surface area contributed by atoms with Crippen molar-refractivity contribution in [3.8, 4) is 11.5 Å². The highest BCUT2D eigenvalue weighted by molar-refractivity contribution is 5.91.